The molecule has 1 rings (SSSR count). The second-order valence-electron chi connectivity index (χ2n) is 4.60. The zero-order valence-corrected chi connectivity index (χ0v) is 11.9. The van der Waals surface area contributed by atoms with E-state index in [1.54, 1.807) is 29.2 Å². The zero-order valence-electron chi connectivity index (χ0n) is 11.1. The van der Waals surface area contributed by atoms with E-state index in [0.29, 0.717) is 23.6 Å². The summed E-state index contributed by atoms with van der Waals surface area (Å²) < 4.78 is 0. The number of aliphatic carboxylic acids is 1. The molecule has 0 fully saturated rings. The van der Waals surface area contributed by atoms with Crippen LogP contribution in [0.5, 0.6) is 0 Å². The summed E-state index contributed by atoms with van der Waals surface area (Å²) in [5.41, 5.74) is 0.563. The molecule has 0 unspecified atom stereocenters. The van der Waals surface area contributed by atoms with Crippen molar-refractivity contribution >= 4 is 23.5 Å². The van der Waals surface area contributed by atoms with Crippen molar-refractivity contribution in [2.75, 3.05) is 6.54 Å². The minimum Gasteiger partial charge on any atom is -0.481 e. The average Bonchev–Trinajstić information content (AvgIpc) is 2.34. The molecule has 0 heterocycles. The molecule has 1 aromatic rings. The molecule has 0 atom stereocenters. The normalized spacial score (nSPS) is 10.5. The first-order chi connectivity index (χ1) is 8.91. The van der Waals surface area contributed by atoms with Gasteiger partial charge in [-0.15, -0.1) is 0 Å². The van der Waals surface area contributed by atoms with Crippen LogP contribution in [0.2, 0.25) is 5.02 Å². The predicted molar refractivity (Wildman–Crippen MR) is 74.5 cm³/mol. The van der Waals surface area contributed by atoms with Crippen LogP contribution in [0.4, 0.5) is 0 Å². The maximum Gasteiger partial charge on any atom is 0.303 e. The highest BCUT2D eigenvalue weighted by Gasteiger charge is 2.18. The molecular weight excluding hydrogens is 266 g/mol. The van der Waals surface area contributed by atoms with E-state index in [4.69, 9.17) is 16.7 Å². The molecule has 0 aliphatic rings. The molecule has 0 spiro atoms. The van der Waals surface area contributed by atoms with Gasteiger partial charge in [0, 0.05) is 29.6 Å². The van der Waals surface area contributed by atoms with E-state index in [0.717, 1.165) is 0 Å². The average molecular weight is 284 g/mol. The number of nitrogens with zero attached hydrogens (tertiary/aromatic N) is 1. The summed E-state index contributed by atoms with van der Waals surface area (Å²) in [7, 11) is 0. The van der Waals surface area contributed by atoms with Gasteiger partial charge in [0.2, 0.25) is 0 Å². The fraction of sp³-hybridized carbons (Fsp3) is 0.429. The van der Waals surface area contributed by atoms with Crippen LogP contribution in [0.3, 0.4) is 0 Å². The first-order valence-corrected chi connectivity index (χ1v) is 6.58. The number of hydrogen-bond donors (Lipinski definition) is 1. The van der Waals surface area contributed by atoms with E-state index in [1.807, 2.05) is 13.8 Å². The fourth-order valence-electron chi connectivity index (χ4n) is 1.75. The monoisotopic (exact) mass is 283 g/mol. The van der Waals surface area contributed by atoms with Gasteiger partial charge < -0.3 is 10.0 Å². The molecule has 0 bridgehead atoms. The lowest BCUT2D eigenvalue weighted by molar-refractivity contribution is -0.137. The zero-order chi connectivity index (χ0) is 14.4. The quantitative estimate of drug-likeness (QED) is 0.873. The Hall–Kier alpha value is -1.55. The molecule has 104 valence electrons. The Labute approximate surface area is 118 Å². The molecule has 19 heavy (non-hydrogen) atoms. The van der Waals surface area contributed by atoms with Gasteiger partial charge in [-0.1, -0.05) is 11.6 Å². The Morgan fingerprint density at radius 2 is 1.84 bits per heavy atom. The number of hydrogen-bond acceptors (Lipinski definition) is 2. The van der Waals surface area contributed by atoms with Gasteiger partial charge in [0.1, 0.15) is 0 Å². The number of rotatable bonds is 6. The molecule has 0 aliphatic heterocycles. The van der Waals surface area contributed by atoms with Crippen molar-refractivity contribution in [1.82, 2.24) is 4.90 Å². The third kappa shape index (κ3) is 4.91. The van der Waals surface area contributed by atoms with Gasteiger partial charge in [-0.05, 0) is 44.5 Å². The molecule has 0 radical (unpaired) electrons. The van der Waals surface area contributed by atoms with Crippen molar-refractivity contribution in [2.24, 2.45) is 0 Å². The fourth-order valence-corrected chi connectivity index (χ4v) is 1.88. The van der Waals surface area contributed by atoms with Crippen LogP contribution < -0.4 is 0 Å². The third-order valence-electron chi connectivity index (χ3n) is 2.77. The smallest absolute Gasteiger partial charge is 0.303 e. The predicted octanol–water partition coefficient (Wildman–Crippen LogP) is 3.06. The molecular formula is C14H18ClNO3. The highest BCUT2D eigenvalue weighted by atomic mass is 35.5. The Morgan fingerprint density at radius 1 is 1.26 bits per heavy atom. The summed E-state index contributed by atoms with van der Waals surface area (Å²) in [6, 6.07) is 6.72. The van der Waals surface area contributed by atoms with Gasteiger partial charge in [-0.2, -0.15) is 0 Å². The topological polar surface area (TPSA) is 57.6 Å². The summed E-state index contributed by atoms with van der Waals surface area (Å²) in [4.78, 5) is 24.5. The minimum absolute atomic E-state index is 0.0250. The standard InChI is InChI=1S/C14H18ClNO3/c1-10(2)16(9-3-4-13(17)18)14(19)11-5-7-12(15)8-6-11/h5-8,10H,3-4,9H2,1-2H3,(H,17,18). The molecule has 5 heteroatoms. The summed E-state index contributed by atoms with van der Waals surface area (Å²) in [5, 5.41) is 9.22. The Bertz CT molecular complexity index is 443. The number of carbonyl (C=O) groups is 2. The van der Waals surface area contributed by atoms with Gasteiger partial charge >= 0.3 is 5.97 Å². The molecule has 0 aliphatic carbocycles. The maximum absolute atomic E-state index is 12.3. The molecule has 0 aromatic heterocycles. The van der Waals surface area contributed by atoms with Crippen LogP contribution in [0, 0.1) is 0 Å². The first-order valence-electron chi connectivity index (χ1n) is 6.20. The number of benzene rings is 1. The molecule has 0 saturated carbocycles. The molecule has 1 amide bonds. The first kappa shape index (κ1) is 15.5. The summed E-state index contributed by atoms with van der Waals surface area (Å²) in [6.07, 6.45) is 0.518. The molecule has 4 nitrogen and oxygen atoms in total. The van der Waals surface area contributed by atoms with Crippen molar-refractivity contribution in [3.05, 3.63) is 34.9 Å². The van der Waals surface area contributed by atoms with Gasteiger partial charge in [-0.3, -0.25) is 9.59 Å². The highest BCUT2D eigenvalue weighted by molar-refractivity contribution is 6.30. The second kappa shape index (κ2) is 7.14. The van der Waals surface area contributed by atoms with Gasteiger partial charge in [-0.25, -0.2) is 0 Å². The summed E-state index contributed by atoms with van der Waals surface area (Å²) >= 11 is 5.79. The Kier molecular flexibility index (Phi) is 5.83. The number of carbonyl (C=O) groups excluding carboxylic acids is 1. The Balaban J connectivity index is 2.72. The lowest BCUT2D eigenvalue weighted by atomic mass is 10.1. The van der Waals surface area contributed by atoms with Gasteiger partial charge in [0.25, 0.3) is 5.91 Å². The SMILES string of the molecule is CC(C)N(CCCC(=O)O)C(=O)c1ccc(Cl)cc1. The maximum atomic E-state index is 12.3. The van der Waals surface area contributed by atoms with Crippen LogP contribution >= 0.6 is 11.6 Å². The highest BCUT2D eigenvalue weighted by Crippen LogP contribution is 2.13. The summed E-state index contributed by atoms with van der Waals surface area (Å²) in [5.74, 6) is -0.945. The lowest BCUT2D eigenvalue weighted by Crippen LogP contribution is -2.37. The number of halogens is 1. The van der Waals surface area contributed by atoms with Crippen LogP contribution in [0.15, 0.2) is 24.3 Å². The Morgan fingerprint density at radius 3 is 2.32 bits per heavy atom. The van der Waals surface area contributed by atoms with Crippen molar-refractivity contribution < 1.29 is 14.7 Å². The number of carboxylic acid groups (broad SMARTS) is 1. The van der Waals surface area contributed by atoms with Crippen LogP contribution in [0.25, 0.3) is 0 Å². The summed E-state index contributed by atoms with van der Waals surface area (Å²) in [6.45, 7) is 4.26. The van der Waals surface area contributed by atoms with E-state index in [-0.39, 0.29) is 18.4 Å². The third-order valence-corrected chi connectivity index (χ3v) is 3.02. The number of carboxylic acids is 1. The molecule has 1 N–H and O–H groups in total. The van der Waals surface area contributed by atoms with Crippen molar-refractivity contribution in [3.8, 4) is 0 Å². The van der Waals surface area contributed by atoms with Crippen LogP contribution in [-0.4, -0.2) is 34.5 Å². The number of amides is 1. The largest absolute Gasteiger partial charge is 0.481 e. The van der Waals surface area contributed by atoms with Crippen LogP contribution in [-0.2, 0) is 4.79 Å². The van der Waals surface area contributed by atoms with Crippen molar-refractivity contribution in [3.63, 3.8) is 0 Å². The molecule has 1 aromatic carbocycles. The van der Waals surface area contributed by atoms with Gasteiger partial charge in [0.05, 0.1) is 0 Å². The van der Waals surface area contributed by atoms with Crippen molar-refractivity contribution in [1.29, 1.82) is 0 Å². The van der Waals surface area contributed by atoms with Crippen LogP contribution in [0.1, 0.15) is 37.0 Å². The van der Waals surface area contributed by atoms with E-state index < -0.39 is 5.97 Å². The second-order valence-corrected chi connectivity index (χ2v) is 5.03. The van der Waals surface area contributed by atoms with Crippen molar-refractivity contribution in [2.45, 2.75) is 32.7 Å². The lowest BCUT2D eigenvalue weighted by Gasteiger charge is -2.26. The molecule has 0 saturated heterocycles. The minimum atomic E-state index is -0.845. The van der Waals surface area contributed by atoms with E-state index in [1.165, 1.54) is 0 Å². The van der Waals surface area contributed by atoms with Gasteiger partial charge in [0.15, 0.2) is 0 Å². The van der Waals surface area contributed by atoms with E-state index in [2.05, 4.69) is 0 Å². The van der Waals surface area contributed by atoms with E-state index in [9.17, 15) is 9.59 Å². The van der Waals surface area contributed by atoms with E-state index >= 15 is 0 Å².